The van der Waals surface area contributed by atoms with Crippen molar-refractivity contribution in [2.45, 2.75) is 19.9 Å². The summed E-state index contributed by atoms with van der Waals surface area (Å²) in [5.41, 5.74) is 9.19. The standard InChI is InChI=1S/C12H15Cl2NO/c1-8(6-13)7-16-12-4-3-10(14)5-11(12)9(2)15/h3-6,9H,7,15H2,1-2H3/b8-6+. The van der Waals surface area contributed by atoms with Crippen molar-refractivity contribution < 1.29 is 4.74 Å². The number of nitrogens with two attached hydrogens (primary N) is 1. The minimum absolute atomic E-state index is 0.117. The van der Waals surface area contributed by atoms with Crippen LogP contribution in [0.2, 0.25) is 5.02 Å². The van der Waals surface area contributed by atoms with E-state index in [1.165, 1.54) is 5.54 Å². The number of hydrogen-bond donors (Lipinski definition) is 1. The van der Waals surface area contributed by atoms with Crippen molar-refractivity contribution in [2.75, 3.05) is 6.61 Å². The first-order chi connectivity index (χ1) is 7.54. The zero-order chi connectivity index (χ0) is 12.1. The van der Waals surface area contributed by atoms with E-state index in [0.717, 1.165) is 16.9 Å². The number of halogens is 2. The molecule has 4 heteroatoms. The molecule has 0 amide bonds. The highest BCUT2D eigenvalue weighted by Gasteiger charge is 2.08. The molecule has 88 valence electrons. The van der Waals surface area contributed by atoms with E-state index in [9.17, 15) is 0 Å². The van der Waals surface area contributed by atoms with E-state index in [1.807, 2.05) is 26.0 Å². The molecule has 0 bridgehead atoms. The molecule has 0 aromatic heterocycles. The fourth-order valence-corrected chi connectivity index (χ4v) is 1.47. The van der Waals surface area contributed by atoms with Gasteiger partial charge < -0.3 is 10.5 Å². The number of benzene rings is 1. The Bertz CT molecular complexity index is 389. The van der Waals surface area contributed by atoms with Crippen molar-refractivity contribution in [1.29, 1.82) is 0 Å². The molecule has 0 saturated carbocycles. The molecule has 0 saturated heterocycles. The SMILES string of the molecule is C/C(=C\Cl)COc1ccc(Cl)cc1C(C)N. The molecule has 0 spiro atoms. The number of rotatable bonds is 4. The topological polar surface area (TPSA) is 35.2 Å². The normalized spacial score (nSPS) is 13.7. The smallest absolute Gasteiger partial charge is 0.124 e. The molecule has 0 aliphatic rings. The van der Waals surface area contributed by atoms with Gasteiger partial charge in [-0.25, -0.2) is 0 Å². The summed E-state index contributed by atoms with van der Waals surface area (Å²) in [6.07, 6.45) is 0. The van der Waals surface area contributed by atoms with Gasteiger partial charge in [0.2, 0.25) is 0 Å². The Hall–Kier alpha value is -0.700. The molecule has 1 rings (SSSR count). The second-order valence-electron chi connectivity index (χ2n) is 3.71. The Balaban J connectivity index is 2.87. The van der Waals surface area contributed by atoms with Gasteiger partial charge in [0.1, 0.15) is 12.4 Å². The largest absolute Gasteiger partial charge is 0.489 e. The van der Waals surface area contributed by atoms with Gasteiger partial charge in [-0.3, -0.25) is 0 Å². The third-order valence-corrected chi connectivity index (χ3v) is 2.71. The van der Waals surface area contributed by atoms with Crippen LogP contribution in [-0.4, -0.2) is 6.61 Å². The Morgan fingerprint density at radius 2 is 2.25 bits per heavy atom. The van der Waals surface area contributed by atoms with Gasteiger partial charge in [0.15, 0.2) is 0 Å². The fourth-order valence-electron chi connectivity index (χ4n) is 1.23. The molecule has 16 heavy (non-hydrogen) atoms. The van der Waals surface area contributed by atoms with Gasteiger partial charge in [-0.1, -0.05) is 23.2 Å². The van der Waals surface area contributed by atoms with E-state index in [1.54, 1.807) is 6.07 Å². The van der Waals surface area contributed by atoms with Gasteiger partial charge >= 0.3 is 0 Å². The van der Waals surface area contributed by atoms with Crippen LogP contribution in [0, 0.1) is 0 Å². The summed E-state index contributed by atoms with van der Waals surface area (Å²) in [6.45, 7) is 4.24. The van der Waals surface area contributed by atoms with Crippen molar-refractivity contribution in [2.24, 2.45) is 5.73 Å². The summed E-state index contributed by atoms with van der Waals surface area (Å²) in [5, 5.41) is 0.657. The van der Waals surface area contributed by atoms with Crippen LogP contribution in [0.1, 0.15) is 25.5 Å². The molecule has 1 atom stereocenters. The summed E-state index contributed by atoms with van der Waals surface area (Å²) in [7, 11) is 0. The molecule has 2 nitrogen and oxygen atoms in total. The molecule has 0 radical (unpaired) electrons. The van der Waals surface area contributed by atoms with Crippen LogP contribution in [0.25, 0.3) is 0 Å². The molecule has 1 aromatic rings. The van der Waals surface area contributed by atoms with E-state index in [2.05, 4.69) is 0 Å². The Morgan fingerprint density at radius 3 is 2.81 bits per heavy atom. The maximum absolute atomic E-state index is 5.91. The average Bonchev–Trinajstić information content (AvgIpc) is 2.26. The third kappa shape index (κ3) is 3.71. The predicted molar refractivity (Wildman–Crippen MR) is 69.2 cm³/mol. The quantitative estimate of drug-likeness (QED) is 0.891. The molecule has 0 fully saturated rings. The molecular weight excluding hydrogens is 245 g/mol. The van der Waals surface area contributed by atoms with Crippen molar-refractivity contribution in [3.8, 4) is 5.75 Å². The Kier molecular flexibility index (Phi) is 5.13. The third-order valence-electron chi connectivity index (χ3n) is 2.10. The Morgan fingerprint density at radius 1 is 1.56 bits per heavy atom. The first kappa shape index (κ1) is 13.4. The van der Waals surface area contributed by atoms with E-state index in [0.29, 0.717) is 11.6 Å². The molecule has 0 aliphatic heterocycles. The highest BCUT2D eigenvalue weighted by molar-refractivity contribution is 6.30. The second kappa shape index (κ2) is 6.14. The predicted octanol–water partition coefficient (Wildman–Crippen LogP) is 3.88. The summed E-state index contributed by atoms with van der Waals surface area (Å²) < 4.78 is 5.61. The van der Waals surface area contributed by atoms with Crippen LogP contribution in [0.5, 0.6) is 5.75 Å². The van der Waals surface area contributed by atoms with Crippen LogP contribution in [0.3, 0.4) is 0 Å². The summed E-state index contributed by atoms with van der Waals surface area (Å²) >= 11 is 11.5. The Labute approximate surface area is 106 Å². The summed E-state index contributed by atoms with van der Waals surface area (Å²) in [6, 6.07) is 5.31. The lowest BCUT2D eigenvalue weighted by Crippen LogP contribution is -2.09. The van der Waals surface area contributed by atoms with Crippen LogP contribution in [0.4, 0.5) is 0 Å². The maximum atomic E-state index is 5.91. The highest BCUT2D eigenvalue weighted by Crippen LogP contribution is 2.27. The molecule has 0 heterocycles. The van der Waals surface area contributed by atoms with Crippen LogP contribution < -0.4 is 10.5 Å². The number of hydrogen-bond acceptors (Lipinski definition) is 2. The zero-order valence-electron chi connectivity index (χ0n) is 9.34. The first-order valence-corrected chi connectivity index (χ1v) is 5.79. The van der Waals surface area contributed by atoms with E-state index >= 15 is 0 Å². The lowest BCUT2D eigenvalue weighted by Gasteiger charge is -2.14. The lowest BCUT2D eigenvalue weighted by atomic mass is 10.1. The van der Waals surface area contributed by atoms with Gasteiger partial charge in [-0.05, 0) is 37.6 Å². The van der Waals surface area contributed by atoms with Crippen LogP contribution >= 0.6 is 23.2 Å². The molecule has 1 aromatic carbocycles. The summed E-state index contributed by atoms with van der Waals surface area (Å²) in [5.74, 6) is 0.747. The second-order valence-corrected chi connectivity index (χ2v) is 4.37. The zero-order valence-corrected chi connectivity index (χ0v) is 10.8. The first-order valence-electron chi connectivity index (χ1n) is 4.98. The molecule has 1 unspecified atom stereocenters. The minimum atomic E-state index is -0.117. The van der Waals surface area contributed by atoms with Crippen molar-refractivity contribution >= 4 is 23.2 Å². The fraction of sp³-hybridized carbons (Fsp3) is 0.333. The van der Waals surface area contributed by atoms with Gasteiger partial charge in [0, 0.05) is 22.2 Å². The van der Waals surface area contributed by atoms with Gasteiger partial charge in [0.05, 0.1) is 0 Å². The van der Waals surface area contributed by atoms with Gasteiger partial charge in [-0.15, -0.1) is 0 Å². The average molecular weight is 260 g/mol. The monoisotopic (exact) mass is 259 g/mol. The summed E-state index contributed by atoms with van der Waals surface area (Å²) in [4.78, 5) is 0. The highest BCUT2D eigenvalue weighted by atomic mass is 35.5. The van der Waals surface area contributed by atoms with E-state index in [4.69, 9.17) is 33.7 Å². The maximum Gasteiger partial charge on any atom is 0.124 e. The van der Waals surface area contributed by atoms with Crippen LogP contribution in [0.15, 0.2) is 29.3 Å². The van der Waals surface area contributed by atoms with Crippen molar-refractivity contribution in [3.63, 3.8) is 0 Å². The molecule has 0 aliphatic carbocycles. The lowest BCUT2D eigenvalue weighted by molar-refractivity contribution is 0.346. The minimum Gasteiger partial charge on any atom is -0.489 e. The van der Waals surface area contributed by atoms with Gasteiger partial charge in [0.25, 0.3) is 0 Å². The van der Waals surface area contributed by atoms with E-state index < -0.39 is 0 Å². The van der Waals surface area contributed by atoms with Crippen LogP contribution in [-0.2, 0) is 0 Å². The molecule has 2 N–H and O–H groups in total. The van der Waals surface area contributed by atoms with Crippen molar-refractivity contribution in [1.82, 2.24) is 0 Å². The van der Waals surface area contributed by atoms with E-state index in [-0.39, 0.29) is 6.04 Å². The van der Waals surface area contributed by atoms with Crippen molar-refractivity contribution in [3.05, 3.63) is 39.9 Å². The van der Waals surface area contributed by atoms with Gasteiger partial charge in [-0.2, -0.15) is 0 Å². The number of ether oxygens (including phenoxy) is 1. The molecular formula is C12H15Cl2NO.